The van der Waals surface area contributed by atoms with Crippen molar-refractivity contribution in [1.29, 1.82) is 0 Å². The van der Waals surface area contributed by atoms with Gasteiger partial charge in [-0.1, -0.05) is 40.5 Å². The second-order valence-electron chi connectivity index (χ2n) is 6.04. The van der Waals surface area contributed by atoms with Gasteiger partial charge >= 0.3 is 0 Å². The van der Waals surface area contributed by atoms with Crippen molar-refractivity contribution < 1.29 is 8.42 Å². The normalized spacial score (nSPS) is 12.5. The molecule has 0 atom stereocenters. The Kier molecular flexibility index (Phi) is 7.87. The van der Waals surface area contributed by atoms with Crippen molar-refractivity contribution in [2.75, 3.05) is 6.54 Å². The molecule has 0 amide bonds. The number of hydrogen-bond donors (Lipinski definition) is 2. The van der Waals surface area contributed by atoms with Gasteiger partial charge in [0.1, 0.15) is 4.21 Å². The lowest BCUT2D eigenvalue weighted by molar-refractivity contribution is 0.531. The van der Waals surface area contributed by atoms with Crippen LogP contribution in [0.25, 0.3) is 0 Å². The third kappa shape index (κ3) is 7.40. The Morgan fingerprint density at radius 2 is 1.86 bits per heavy atom. The summed E-state index contributed by atoms with van der Waals surface area (Å²) in [5.41, 5.74) is 0. The van der Waals surface area contributed by atoms with Gasteiger partial charge in [0.2, 0.25) is 10.0 Å². The van der Waals surface area contributed by atoms with Crippen LogP contribution in [0.4, 0.5) is 0 Å². The van der Waals surface area contributed by atoms with Gasteiger partial charge in [-0.05, 0) is 24.5 Å². The Balaban J connectivity index is 2.43. The smallest absolute Gasteiger partial charge is 0.250 e. The fourth-order valence-corrected chi connectivity index (χ4v) is 4.28. The summed E-state index contributed by atoms with van der Waals surface area (Å²) in [6, 6.07) is 3.97. The van der Waals surface area contributed by atoms with Gasteiger partial charge < -0.3 is 5.32 Å². The van der Waals surface area contributed by atoms with E-state index >= 15 is 0 Å². The molecular formula is C15H28N2O2S2. The largest absolute Gasteiger partial charge is 0.310 e. The van der Waals surface area contributed by atoms with Crippen molar-refractivity contribution in [2.24, 2.45) is 5.92 Å². The summed E-state index contributed by atoms with van der Waals surface area (Å²) in [4.78, 5) is 1.05. The van der Waals surface area contributed by atoms with Crippen molar-refractivity contribution in [1.82, 2.24) is 10.0 Å². The number of unbranched alkanes of at least 4 members (excludes halogenated alkanes) is 1. The van der Waals surface area contributed by atoms with Crippen LogP contribution in [0, 0.1) is 5.92 Å². The first kappa shape index (κ1) is 18.6. The number of rotatable bonds is 10. The van der Waals surface area contributed by atoms with Crippen molar-refractivity contribution in [3.8, 4) is 0 Å². The van der Waals surface area contributed by atoms with Crippen LogP contribution in [0.3, 0.4) is 0 Å². The van der Waals surface area contributed by atoms with E-state index in [4.69, 9.17) is 0 Å². The van der Waals surface area contributed by atoms with Gasteiger partial charge in [-0.2, -0.15) is 0 Å². The van der Waals surface area contributed by atoms with E-state index in [2.05, 4.69) is 37.7 Å². The van der Waals surface area contributed by atoms with E-state index in [1.165, 1.54) is 11.3 Å². The Morgan fingerprint density at radius 1 is 1.14 bits per heavy atom. The fraction of sp³-hybridized carbons (Fsp3) is 0.733. The van der Waals surface area contributed by atoms with Crippen LogP contribution in [0.5, 0.6) is 0 Å². The average molecular weight is 333 g/mol. The standard InChI is InChI=1S/C15H28N2O2S2/c1-12(2)7-5-6-10-17-21(18,19)15-9-8-14(20-15)11-16-13(3)4/h8-9,12-13,16-17H,5-7,10-11H2,1-4H3. The van der Waals surface area contributed by atoms with E-state index in [-0.39, 0.29) is 0 Å². The molecule has 0 aliphatic carbocycles. The van der Waals surface area contributed by atoms with Gasteiger partial charge in [-0.3, -0.25) is 0 Å². The molecule has 0 radical (unpaired) electrons. The predicted molar refractivity (Wildman–Crippen MR) is 90.2 cm³/mol. The lowest BCUT2D eigenvalue weighted by atomic mass is 10.1. The summed E-state index contributed by atoms with van der Waals surface area (Å²) in [6.45, 7) is 9.75. The summed E-state index contributed by atoms with van der Waals surface area (Å²) in [7, 11) is -3.34. The molecule has 1 aromatic heterocycles. The second-order valence-corrected chi connectivity index (χ2v) is 9.21. The van der Waals surface area contributed by atoms with Gasteiger partial charge in [0, 0.05) is 24.0 Å². The second kappa shape index (κ2) is 8.88. The SMILES string of the molecule is CC(C)CCCCNS(=O)(=O)c1ccc(CNC(C)C)s1. The molecule has 0 aromatic carbocycles. The molecule has 0 fully saturated rings. The zero-order chi connectivity index (χ0) is 15.9. The van der Waals surface area contributed by atoms with Gasteiger partial charge in [-0.15, -0.1) is 11.3 Å². The molecule has 0 aliphatic heterocycles. The molecule has 1 heterocycles. The molecule has 122 valence electrons. The molecule has 6 heteroatoms. The van der Waals surface area contributed by atoms with Crippen LogP contribution in [-0.4, -0.2) is 21.0 Å². The molecule has 0 bridgehead atoms. The summed E-state index contributed by atoms with van der Waals surface area (Å²) in [6.07, 6.45) is 3.10. The average Bonchev–Trinajstić information content (AvgIpc) is 2.85. The topological polar surface area (TPSA) is 58.2 Å². The Bertz CT molecular complexity index is 507. The van der Waals surface area contributed by atoms with Crippen LogP contribution < -0.4 is 10.0 Å². The molecule has 1 rings (SSSR count). The summed E-state index contributed by atoms with van der Waals surface area (Å²) >= 11 is 1.34. The summed E-state index contributed by atoms with van der Waals surface area (Å²) < 4.78 is 27.4. The highest BCUT2D eigenvalue weighted by Gasteiger charge is 2.16. The quantitative estimate of drug-likeness (QED) is 0.646. The van der Waals surface area contributed by atoms with E-state index in [1.54, 1.807) is 6.07 Å². The molecular weight excluding hydrogens is 304 g/mol. The first-order valence-corrected chi connectivity index (χ1v) is 9.93. The fourth-order valence-electron chi connectivity index (χ4n) is 1.86. The van der Waals surface area contributed by atoms with Crippen molar-refractivity contribution in [2.45, 2.75) is 63.8 Å². The minimum absolute atomic E-state index is 0.395. The molecule has 2 N–H and O–H groups in total. The first-order chi connectivity index (χ1) is 9.81. The lowest BCUT2D eigenvalue weighted by Crippen LogP contribution is -2.24. The lowest BCUT2D eigenvalue weighted by Gasteiger charge is -2.07. The highest BCUT2D eigenvalue weighted by Crippen LogP contribution is 2.21. The zero-order valence-corrected chi connectivity index (χ0v) is 15.1. The van der Waals surface area contributed by atoms with Gasteiger partial charge in [-0.25, -0.2) is 13.1 Å². The van der Waals surface area contributed by atoms with Crippen LogP contribution in [-0.2, 0) is 16.6 Å². The molecule has 4 nitrogen and oxygen atoms in total. The minimum Gasteiger partial charge on any atom is -0.310 e. The molecule has 0 unspecified atom stereocenters. The van der Waals surface area contributed by atoms with Gasteiger partial charge in [0.25, 0.3) is 0 Å². The monoisotopic (exact) mass is 332 g/mol. The Labute approximate surface area is 133 Å². The van der Waals surface area contributed by atoms with E-state index in [0.29, 0.717) is 29.3 Å². The molecule has 0 saturated heterocycles. The maximum Gasteiger partial charge on any atom is 0.250 e. The highest BCUT2D eigenvalue weighted by molar-refractivity contribution is 7.91. The van der Waals surface area contributed by atoms with Gasteiger partial charge in [0.05, 0.1) is 0 Å². The summed E-state index contributed by atoms with van der Waals surface area (Å²) in [5.74, 6) is 0.676. The summed E-state index contributed by atoms with van der Waals surface area (Å²) in [5, 5.41) is 3.29. The zero-order valence-electron chi connectivity index (χ0n) is 13.5. The molecule has 21 heavy (non-hydrogen) atoms. The number of sulfonamides is 1. The molecule has 1 aromatic rings. The number of thiophene rings is 1. The molecule has 0 aliphatic rings. The van der Waals surface area contributed by atoms with Gasteiger partial charge in [0.15, 0.2) is 0 Å². The highest BCUT2D eigenvalue weighted by atomic mass is 32.2. The van der Waals surface area contributed by atoms with E-state index in [1.807, 2.05) is 6.07 Å². The predicted octanol–water partition coefficient (Wildman–Crippen LogP) is 3.35. The van der Waals surface area contributed by atoms with Crippen LogP contribution in [0.2, 0.25) is 0 Å². The van der Waals surface area contributed by atoms with Crippen LogP contribution in [0.15, 0.2) is 16.3 Å². The van der Waals surface area contributed by atoms with E-state index in [9.17, 15) is 8.42 Å². The Hall–Kier alpha value is -0.430. The third-order valence-electron chi connectivity index (χ3n) is 3.09. The van der Waals surface area contributed by atoms with Crippen molar-refractivity contribution in [3.05, 3.63) is 17.0 Å². The van der Waals surface area contributed by atoms with Crippen molar-refractivity contribution >= 4 is 21.4 Å². The van der Waals surface area contributed by atoms with Crippen LogP contribution >= 0.6 is 11.3 Å². The van der Waals surface area contributed by atoms with E-state index < -0.39 is 10.0 Å². The number of hydrogen-bond acceptors (Lipinski definition) is 4. The Morgan fingerprint density at radius 3 is 2.48 bits per heavy atom. The molecule has 0 spiro atoms. The third-order valence-corrected chi connectivity index (χ3v) is 6.12. The maximum atomic E-state index is 12.2. The van der Waals surface area contributed by atoms with Crippen LogP contribution in [0.1, 0.15) is 51.8 Å². The number of nitrogens with one attached hydrogen (secondary N) is 2. The minimum atomic E-state index is -3.34. The van der Waals surface area contributed by atoms with E-state index in [0.717, 1.165) is 24.1 Å². The maximum absolute atomic E-state index is 12.2. The molecule has 0 saturated carbocycles. The first-order valence-electron chi connectivity index (χ1n) is 7.63. The van der Waals surface area contributed by atoms with Crippen molar-refractivity contribution in [3.63, 3.8) is 0 Å².